The Kier molecular flexibility index (Phi) is 6.60. The van der Waals surface area contributed by atoms with Crippen LogP contribution in [0, 0.1) is 20.2 Å². The third-order valence-electron chi connectivity index (χ3n) is 4.41. The first kappa shape index (κ1) is 23.6. The second kappa shape index (κ2) is 9.22. The van der Waals surface area contributed by atoms with Gasteiger partial charge in [0.2, 0.25) is 0 Å². The number of rotatable bonds is 7. The van der Waals surface area contributed by atoms with Gasteiger partial charge in [0.15, 0.2) is 0 Å². The number of hydrogen-bond acceptors (Lipinski definition) is 8. The van der Waals surface area contributed by atoms with Crippen LogP contribution in [0.15, 0.2) is 71.6 Å². The first-order valence-corrected chi connectivity index (χ1v) is 10.8. The van der Waals surface area contributed by atoms with Crippen LogP contribution in [0.3, 0.4) is 0 Å². The lowest BCUT2D eigenvalue weighted by atomic mass is 10.1. The Morgan fingerprint density at radius 2 is 1.42 bits per heavy atom. The van der Waals surface area contributed by atoms with Crippen LogP contribution in [-0.4, -0.2) is 31.3 Å². The molecule has 0 aliphatic carbocycles. The molecule has 11 nitrogen and oxygen atoms in total. The van der Waals surface area contributed by atoms with Crippen molar-refractivity contribution >= 4 is 44.6 Å². The molecule has 3 rings (SSSR count). The number of sulfonamides is 1. The van der Waals surface area contributed by atoms with Crippen LogP contribution < -0.4 is 9.04 Å². The van der Waals surface area contributed by atoms with Crippen molar-refractivity contribution in [2.24, 2.45) is 0 Å². The van der Waals surface area contributed by atoms with Crippen LogP contribution in [0.2, 0.25) is 5.02 Å². The number of nitro groups is 2. The fraction of sp³-hybridized carbons (Fsp3) is 0.0500. The lowest BCUT2D eigenvalue weighted by Crippen LogP contribution is -2.37. The molecule has 170 valence electrons. The van der Waals surface area contributed by atoms with Crippen LogP contribution in [0.1, 0.15) is 10.4 Å². The molecule has 13 heteroatoms. The van der Waals surface area contributed by atoms with E-state index in [1.165, 1.54) is 55.6 Å². The number of anilines is 1. The third kappa shape index (κ3) is 4.91. The maximum absolute atomic E-state index is 13.4. The zero-order valence-electron chi connectivity index (χ0n) is 16.7. The number of hydrogen-bond donors (Lipinski definition) is 0. The molecule has 0 aliphatic heterocycles. The minimum atomic E-state index is -4.56. The molecule has 0 spiro atoms. The molecule has 3 aromatic carbocycles. The summed E-state index contributed by atoms with van der Waals surface area (Å²) in [7, 11) is -3.17. The van der Waals surface area contributed by atoms with Gasteiger partial charge in [-0.2, -0.15) is 4.31 Å². The van der Waals surface area contributed by atoms with Crippen molar-refractivity contribution in [2.75, 3.05) is 11.4 Å². The van der Waals surface area contributed by atoms with E-state index in [1.54, 1.807) is 0 Å². The van der Waals surface area contributed by atoms with E-state index < -0.39 is 42.7 Å². The van der Waals surface area contributed by atoms with Crippen molar-refractivity contribution in [3.8, 4) is 5.75 Å². The molecule has 33 heavy (non-hydrogen) atoms. The number of nitrogens with zero attached hydrogens (tertiary/aromatic N) is 3. The molecule has 0 heterocycles. The summed E-state index contributed by atoms with van der Waals surface area (Å²) in [6.45, 7) is 0. The molecule has 1 amide bonds. The average molecular weight is 492 g/mol. The standard InChI is InChI=1S/C20H14ClN3O8S/c1-32-18-6-4-15(5-7-18)22(33(30,31)19-8-2-14(21)3-9-19)20(25)13-10-16(23(26)27)12-17(11-13)24(28)29/h2-12H,1H3. The summed E-state index contributed by atoms with van der Waals surface area (Å²) >= 11 is 5.83. The molecule has 0 saturated heterocycles. The van der Waals surface area contributed by atoms with Crippen molar-refractivity contribution in [1.82, 2.24) is 0 Å². The van der Waals surface area contributed by atoms with E-state index in [1.807, 2.05) is 0 Å². The highest BCUT2D eigenvalue weighted by molar-refractivity contribution is 7.93. The van der Waals surface area contributed by atoms with Gasteiger partial charge >= 0.3 is 0 Å². The van der Waals surface area contributed by atoms with Gasteiger partial charge < -0.3 is 4.74 Å². The fourth-order valence-electron chi connectivity index (χ4n) is 2.84. The van der Waals surface area contributed by atoms with Gasteiger partial charge in [0.05, 0.1) is 39.2 Å². The van der Waals surface area contributed by atoms with Crippen molar-refractivity contribution in [2.45, 2.75) is 4.90 Å². The summed E-state index contributed by atoms with van der Waals surface area (Å²) < 4.78 is 32.3. The minimum Gasteiger partial charge on any atom is -0.497 e. The van der Waals surface area contributed by atoms with Crippen LogP contribution >= 0.6 is 11.6 Å². The number of nitro benzene ring substituents is 2. The number of carbonyl (C=O) groups is 1. The van der Waals surface area contributed by atoms with Crippen molar-refractivity contribution < 1.29 is 27.8 Å². The van der Waals surface area contributed by atoms with E-state index in [2.05, 4.69) is 0 Å². The predicted octanol–water partition coefficient (Wildman–Crippen LogP) is 4.20. The predicted molar refractivity (Wildman–Crippen MR) is 118 cm³/mol. The number of methoxy groups -OCH3 is 1. The highest BCUT2D eigenvalue weighted by Crippen LogP contribution is 2.30. The second-order valence-electron chi connectivity index (χ2n) is 6.48. The number of halogens is 1. The van der Waals surface area contributed by atoms with Crippen LogP contribution in [0.4, 0.5) is 17.1 Å². The number of non-ortho nitro benzene ring substituents is 2. The first-order chi connectivity index (χ1) is 15.5. The van der Waals surface area contributed by atoms with Crippen molar-refractivity contribution in [3.63, 3.8) is 0 Å². The van der Waals surface area contributed by atoms with Crippen molar-refractivity contribution in [1.29, 1.82) is 0 Å². The SMILES string of the molecule is COc1ccc(N(C(=O)c2cc([N+](=O)[O-])cc([N+](=O)[O-])c2)S(=O)(=O)c2ccc(Cl)cc2)cc1. The Hall–Kier alpha value is -4.03. The lowest BCUT2D eigenvalue weighted by molar-refractivity contribution is -0.394. The summed E-state index contributed by atoms with van der Waals surface area (Å²) in [6, 6.07) is 12.6. The number of carbonyl (C=O) groups excluding carboxylic acids is 1. The van der Waals surface area contributed by atoms with Gasteiger partial charge in [0.25, 0.3) is 27.3 Å². The number of ether oxygens (including phenoxy) is 1. The highest BCUT2D eigenvalue weighted by atomic mass is 35.5. The molecule has 0 aromatic heterocycles. The quantitative estimate of drug-likeness (QED) is 0.352. The van der Waals surface area contributed by atoms with E-state index >= 15 is 0 Å². The normalized spacial score (nSPS) is 11.0. The molecule has 0 atom stereocenters. The van der Waals surface area contributed by atoms with Gasteiger partial charge in [-0.05, 0) is 48.5 Å². The summed E-state index contributed by atoms with van der Waals surface area (Å²) in [4.78, 5) is 33.7. The maximum Gasteiger partial charge on any atom is 0.277 e. The zero-order chi connectivity index (χ0) is 24.3. The fourth-order valence-corrected chi connectivity index (χ4v) is 4.38. The third-order valence-corrected chi connectivity index (χ3v) is 6.39. The lowest BCUT2D eigenvalue weighted by Gasteiger charge is -2.23. The molecule has 0 fully saturated rings. The summed E-state index contributed by atoms with van der Waals surface area (Å²) in [5.41, 5.74) is -2.17. The van der Waals surface area contributed by atoms with E-state index in [0.29, 0.717) is 16.1 Å². The molecule has 0 aliphatic rings. The first-order valence-electron chi connectivity index (χ1n) is 8.98. The van der Waals surface area contributed by atoms with E-state index in [0.717, 1.165) is 12.1 Å². The molecular weight excluding hydrogens is 478 g/mol. The number of amides is 1. The van der Waals surface area contributed by atoms with Gasteiger partial charge in [0.1, 0.15) is 5.75 Å². The van der Waals surface area contributed by atoms with Crippen molar-refractivity contribution in [3.05, 3.63) is 97.5 Å². The molecule has 0 N–H and O–H groups in total. The Labute approximate surface area is 192 Å². The Morgan fingerprint density at radius 1 is 0.909 bits per heavy atom. The van der Waals surface area contributed by atoms with Crippen LogP contribution in [-0.2, 0) is 10.0 Å². The molecular formula is C20H14ClN3O8S. The summed E-state index contributed by atoms with van der Waals surface area (Å²) in [5.74, 6) is -0.858. The Bertz CT molecular complexity index is 1310. The van der Waals surface area contributed by atoms with Gasteiger partial charge in [-0.3, -0.25) is 25.0 Å². The van der Waals surface area contributed by atoms with Gasteiger partial charge in [-0.25, -0.2) is 8.42 Å². The van der Waals surface area contributed by atoms with E-state index in [4.69, 9.17) is 16.3 Å². The van der Waals surface area contributed by atoms with Gasteiger partial charge in [0, 0.05) is 17.2 Å². The Balaban J connectivity index is 2.23. The monoisotopic (exact) mass is 491 g/mol. The maximum atomic E-state index is 13.4. The smallest absolute Gasteiger partial charge is 0.277 e. The zero-order valence-corrected chi connectivity index (χ0v) is 18.3. The molecule has 0 saturated carbocycles. The molecule has 3 aromatic rings. The largest absolute Gasteiger partial charge is 0.497 e. The topological polar surface area (TPSA) is 150 Å². The average Bonchev–Trinajstić information content (AvgIpc) is 2.79. The highest BCUT2D eigenvalue weighted by Gasteiger charge is 2.33. The molecule has 0 bridgehead atoms. The minimum absolute atomic E-state index is 0.120. The molecule has 0 radical (unpaired) electrons. The molecule has 0 unspecified atom stereocenters. The number of benzene rings is 3. The summed E-state index contributed by atoms with van der Waals surface area (Å²) in [5, 5.41) is 22.7. The van der Waals surface area contributed by atoms with Crippen LogP contribution in [0.5, 0.6) is 5.75 Å². The van der Waals surface area contributed by atoms with E-state index in [-0.39, 0.29) is 15.6 Å². The Morgan fingerprint density at radius 3 is 1.88 bits per heavy atom. The van der Waals surface area contributed by atoms with Crippen LogP contribution in [0.25, 0.3) is 0 Å². The summed E-state index contributed by atoms with van der Waals surface area (Å²) in [6.07, 6.45) is 0. The second-order valence-corrected chi connectivity index (χ2v) is 8.70. The van der Waals surface area contributed by atoms with Gasteiger partial charge in [-0.15, -0.1) is 0 Å². The van der Waals surface area contributed by atoms with E-state index in [9.17, 15) is 33.4 Å². The van der Waals surface area contributed by atoms with Gasteiger partial charge in [-0.1, -0.05) is 11.6 Å².